The monoisotopic (exact) mass is 248 g/mol. The Morgan fingerprint density at radius 3 is 2.67 bits per heavy atom. The Kier molecular flexibility index (Phi) is 3.82. The molecule has 5 nitrogen and oxygen atoms in total. The molecule has 5 heteroatoms. The Bertz CT molecular complexity index is 442. The lowest BCUT2D eigenvalue weighted by Gasteiger charge is -2.14. The van der Waals surface area contributed by atoms with Crippen molar-refractivity contribution in [2.75, 3.05) is 25.1 Å². The van der Waals surface area contributed by atoms with Gasteiger partial charge in [-0.05, 0) is 24.1 Å². The zero-order valence-corrected chi connectivity index (χ0v) is 10.3. The zero-order chi connectivity index (χ0) is 13.0. The van der Waals surface area contributed by atoms with Crippen molar-refractivity contribution in [3.05, 3.63) is 29.8 Å². The van der Waals surface area contributed by atoms with E-state index in [1.807, 2.05) is 24.3 Å². The second-order valence-electron chi connectivity index (χ2n) is 4.13. The van der Waals surface area contributed by atoms with Gasteiger partial charge >= 0.3 is 12.0 Å². The van der Waals surface area contributed by atoms with Crippen LogP contribution in [0.1, 0.15) is 12.0 Å². The Morgan fingerprint density at radius 2 is 2.11 bits per heavy atom. The van der Waals surface area contributed by atoms with Gasteiger partial charge < -0.3 is 10.1 Å². The minimum atomic E-state index is -0.210. The second-order valence-corrected chi connectivity index (χ2v) is 4.13. The van der Waals surface area contributed by atoms with E-state index in [0.717, 1.165) is 11.3 Å². The Labute approximate surface area is 106 Å². The lowest BCUT2D eigenvalue weighted by atomic mass is 10.1. The summed E-state index contributed by atoms with van der Waals surface area (Å²) >= 11 is 0. The molecule has 1 fully saturated rings. The third-order valence-electron chi connectivity index (χ3n) is 2.95. The molecule has 1 saturated heterocycles. The quantitative estimate of drug-likeness (QED) is 0.818. The molecule has 1 heterocycles. The summed E-state index contributed by atoms with van der Waals surface area (Å²) in [5.41, 5.74) is 1.94. The van der Waals surface area contributed by atoms with Crippen LogP contribution in [0.4, 0.5) is 10.5 Å². The number of benzene rings is 1. The Balaban J connectivity index is 1.97. The fourth-order valence-corrected chi connectivity index (χ4v) is 1.91. The predicted molar refractivity (Wildman–Crippen MR) is 67.5 cm³/mol. The molecule has 18 heavy (non-hydrogen) atoms. The van der Waals surface area contributed by atoms with Gasteiger partial charge in [-0.1, -0.05) is 12.1 Å². The number of amides is 2. The molecule has 1 aliphatic heterocycles. The summed E-state index contributed by atoms with van der Waals surface area (Å²) in [6.07, 6.45) is 1.03. The summed E-state index contributed by atoms with van der Waals surface area (Å²) in [6, 6.07) is 7.61. The van der Waals surface area contributed by atoms with Gasteiger partial charge in [-0.2, -0.15) is 0 Å². The molecule has 0 unspecified atom stereocenters. The molecule has 1 aromatic rings. The summed E-state index contributed by atoms with van der Waals surface area (Å²) < 4.78 is 4.59. The number of ether oxygens (including phenoxy) is 1. The van der Waals surface area contributed by atoms with Gasteiger partial charge in [0.25, 0.3) is 0 Å². The van der Waals surface area contributed by atoms with E-state index in [-0.39, 0.29) is 12.0 Å². The molecule has 0 aromatic heterocycles. The summed E-state index contributed by atoms with van der Waals surface area (Å²) in [6.45, 7) is 1.38. The van der Waals surface area contributed by atoms with Crippen molar-refractivity contribution in [3.63, 3.8) is 0 Å². The van der Waals surface area contributed by atoms with Crippen LogP contribution in [0.3, 0.4) is 0 Å². The van der Waals surface area contributed by atoms with Gasteiger partial charge in [-0.25, -0.2) is 4.79 Å². The summed E-state index contributed by atoms with van der Waals surface area (Å²) in [7, 11) is 1.39. The highest BCUT2D eigenvalue weighted by Gasteiger charge is 2.20. The summed E-state index contributed by atoms with van der Waals surface area (Å²) in [5, 5.41) is 2.76. The molecule has 0 saturated carbocycles. The maximum Gasteiger partial charge on any atom is 0.321 e. The first kappa shape index (κ1) is 12.4. The molecule has 1 aromatic carbocycles. The van der Waals surface area contributed by atoms with Gasteiger partial charge in [0.15, 0.2) is 0 Å². The van der Waals surface area contributed by atoms with Crippen molar-refractivity contribution in [3.8, 4) is 0 Å². The van der Waals surface area contributed by atoms with Gasteiger partial charge in [-0.15, -0.1) is 0 Å². The van der Waals surface area contributed by atoms with Crippen LogP contribution < -0.4 is 10.2 Å². The smallest absolute Gasteiger partial charge is 0.321 e. The van der Waals surface area contributed by atoms with E-state index < -0.39 is 0 Å². The number of urea groups is 1. The maximum atomic E-state index is 11.5. The lowest BCUT2D eigenvalue weighted by molar-refractivity contribution is -0.140. The van der Waals surface area contributed by atoms with E-state index >= 15 is 0 Å². The van der Waals surface area contributed by atoms with E-state index in [2.05, 4.69) is 10.1 Å². The number of carbonyl (C=O) groups excluding carboxylic acids is 2. The molecule has 1 aliphatic rings. The summed E-state index contributed by atoms with van der Waals surface area (Å²) in [5.74, 6) is -0.210. The number of hydrogen-bond acceptors (Lipinski definition) is 3. The highest BCUT2D eigenvalue weighted by molar-refractivity contribution is 5.93. The number of nitrogens with one attached hydrogen (secondary N) is 1. The minimum Gasteiger partial charge on any atom is -0.469 e. The molecule has 0 aliphatic carbocycles. The highest BCUT2D eigenvalue weighted by Crippen LogP contribution is 2.17. The zero-order valence-electron chi connectivity index (χ0n) is 10.3. The van der Waals surface area contributed by atoms with E-state index in [9.17, 15) is 9.59 Å². The van der Waals surface area contributed by atoms with E-state index in [1.54, 1.807) is 4.90 Å². The number of anilines is 1. The van der Waals surface area contributed by atoms with Gasteiger partial charge in [0, 0.05) is 25.2 Å². The van der Waals surface area contributed by atoms with Crippen molar-refractivity contribution >= 4 is 17.7 Å². The molecule has 0 radical (unpaired) electrons. The first-order valence-corrected chi connectivity index (χ1v) is 5.92. The number of methoxy groups -OCH3 is 1. The van der Waals surface area contributed by atoms with E-state index in [0.29, 0.717) is 25.9 Å². The van der Waals surface area contributed by atoms with Crippen molar-refractivity contribution in [1.29, 1.82) is 0 Å². The molecular formula is C13H16N2O3. The number of esters is 1. The average molecular weight is 248 g/mol. The van der Waals surface area contributed by atoms with E-state index in [4.69, 9.17) is 0 Å². The standard InChI is InChI=1S/C13H16N2O3/c1-18-12(16)7-4-10-2-5-11(6-3-10)15-9-8-14-13(15)17/h2-3,5-6H,4,7-9H2,1H3,(H,14,17). The Hall–Kier alpha value is -2.04. The fraction of sp³-hybridized carbons (Fsp3) is 0.385. The van der Waals surface area contributed by atoms with Crippen LogP contribution >= 0.6 is 0 Å². The van der Waals surface area contributed by atoms with Crippen LogP contribution in [0, 0.1) is 0 Å². The van der Waals surface area contributed by atoms with Crippen molar-refractivity contribution < 1.29 is 14.3 Å². The molecule has 2 amide bonds. The first-order chi connectivity index (χ1) is 8.70. The third kappa shape index (κ3) is 2.80. The molecule has 0 bridgehead atoms. The average Bonchev–Trinajstić information content (AvgIpc) is 2.83. The predicted octanol–water partition coefficient (Wildman–Crippen LogP) is 1.32. The molecule has 1 N–H and O–H groups in total. The lowest BCUT2D eigenvalue weighted by Crippen LogP contribution is -2.27. The highest BCUT2D eigenvalue weighted by atomic mass is 16.5. The second kappa shape index (κ2) is 5.53. The number of rotatable bonds is 4. The van der Waals surface area contributed by atoms with Crippen LogP contribution in [0.25, 0.3) is 0 Å². The fourth-order valence-electron chi connectivity index (χ4n) is 1.91. The molecule has 2 rings (SSSR count). The SMILES string of the molecule is COC(=O)CCc1ccc(N2CCNC2=O)cc1. The summed E-state index contributed by atoms with van der Waals surface area (Å²) in [4.78, 5) is 24.2. The van der Waals surface area contributed by atoms with Crippen molar-refractivity contribution in [2.45, 2.75) is 12.8 Å². The van der Waals surface area contributed by atoms with Crippen LogP contribution in [0.2, 0.25) is 0 Å². The number of nitrogens with zero attached hydrogens (tertiary/aromatic N) is 1. The number of aryl methyl sites for hydroxylation is 1. The number of carbonyl (C=O) groups is 2. The number of hydrogen-bond donors (Lipinski definition) is 1. The van der Waals surface area contributed by atoms with E-state index in [1.165, 1.54) is 7.11 Å². The topological polar surface area (TPSA) is 58.6 Å². The molecule has 0 spiro atoms. The van der Waals surface area contributed by atoms with Gasteiger partial charge in [0.05, 0.1) is 7.11 Å². The van der Waals surface area contributed by atoms with Crippen molar-refractivity contribution in [1.82, 2.24) is 5.32 Å². The van der Waals surface area contributed by atoms with Gasteiger partial charge in [-0.3, -0.25) is 9.69 Å². The normalized spacial score (nSPS) is 14.5. The van der Waals surface area contributed by atoms with Crippen LogP contribution in [-0.2, 0) is 16.0 Å². The van der Waals surface area contributed by atoms with Gasteiger partial charge in [0.1, 0.15) is 0 Å². The van der Waals surface area contributed by atoms with Crippen LogP contribution in [0.15, 0.2) is 24.3 Å². The largest absolute Gasteiger partial charge is 0.469 e. The third-order valence-corrected chi connectivity index (χ3v) is 2.95. The molecule has 0 atom stereocenters. The first-order valence-electron chi connectivity index (χ1n) is 5.92. The van der Waals surface area contributed by atoms with Crippen LogP contribution in [0.5, 0.6) is 0 Å². The Morgan fingerprint density at radius 1 is 1.39 bits per heavy atom. The van der Waals surface area contributed by atoms with Gasteiger partial charge in [0.2, 0.25) is 0 Å². The van der Waals surface area contributed by atoms with Crippen LogP contribution in [-0.4, -0.2) is 32.2 Å². The van der Waals surface area contributed by atoms with Crippen molar-refractivity contribution in [2.24, 2.45) is 0 Å². The minimum absolute atomic E-state index is 0.0580. The molecule has 96 valence electrons. The molecular weight excluding hydrogens is 232 g/mol. The maximum absolute atomic E-state index is 11.5.